The van der Waals surface area contributed by atoms with E-state index >= 15 is 0 Å². The molecular weight excluding hydrogens is 280 g/mol. The fourth-order valence-corrected chi connectivity index (χ4v) is 3.14. The fourth-order valence-electron chi connectivity index (χ4n) is 2.08. The summed E-state index contributed by atoms with van der Waals surface area (Å²) in [4.78, 5) is 4.18. The first-order valence-corrected chi connectivity index (χ1v) is 7.64. The van der Waals surface area contributed by atoms with Crippen molar-refractivity contribution in [1.82, 2.24) is 9.29 Å². The highest BCUT2D eigenvalue weighted by Crippen LogP contribution is 2.25. The molecule has 0 N–H and O–H groups in total. The summed E-state index contributed by atoms with van der Waals surface area (Å²) in [5.41, 5.74) is 0.534. The SMILES string of the molecule is O=S(=O)(Oc1cccc2cccnc12)N1CCOCC1. The molecule has 7 heteroatoms. The molecule has 0 aliphatic carbocycles. The molecule has 0 spiro atoms. The van der Waals surface area contributed by atoms with E-state index in [4.69, 9.17) is 8.92 Å². The minimum absolute atomic E-state index is 0.245. The second-order valence-electron chi connectivity index (χ2n) is 4.38. The number of hydrogen-bond donors (Lipinski definition) is 0. The Labute approximate surface area is 117 Å². The number of nitrogens with zero attached hydrogens (tertiary/aromatic N) is 2. The molecule has 106 valence electrons. The molecule has 0 atom stereocenters. The Kier molecular flexibility index (Phi) is 3.56. The minimum atomic E-state index is -3.81. The molecule has 0 saturated carbocycles. The average Bonchev–Trinajstić information content (AvgIpc) is 2.48. The number of ether oxygens (including phenoxy) is 1. The van der Waals surface area contributed by atoms with Crippen molar-refractivity contribution in [3.8, 4) is 5.75 Å². The number of rotatable bonds is 3. The van der Waals surface area contributed by atoms with E-state index in [9.17, 15) is 8.42 Å². The lowest BCUT2D eigenvalue weighted by molar-refractivity contribution is 0.0698. The smallest absolute Gasteiger partial charge is 0.379 e. The van der Waals surface area contributed by atoms with Crippen molar-refractivity contribution in [3.05, 3.63) is 36.5 Å². The predicted molar refractivity (Wildman–Crippen MR) is 73.7 cm³/mol. The van der Waals surface area contributed by atoms with E-state index in [1.54, 1.807) is 24.4 Å². The lowest BCUT2D eigenvalue weighted by atomic mass is 10.2. The second-order valence-corrected chi connectivity index (χ2v) is 5.92. The third-order valence-electron chi connectivity index (χ3n) is 3.08. The average molecular weight is 294 g/mol. The highest BCUT2D eigenvalue weighted by molar-refractivity contribution is 7.84. The first-order valence-electron chi connectivity index (χ1n) is 6.28. The van der Waals surface area contributed by atoms with Crippen LogP contribution < -0.4 is 4.18 Å². The number of hydrogen-bond acceptors (Lipinski definition) is 5. The van der Waals surface area contributed by atoms with Gasteiger partial charge in [0.2, 0.25) is 0 Å². The zero-order valence-electron chi connectivity index (χ0n) is 10.7. The molecule has 1 aromatic heterocycles. The van der Waals surface area contributed by atoms with Crippen molar-refractivity contribution in [2.24, 2.45) is 0 Å². The molecule has 1 fully saturated rings. The van der Waals surface area contributed by atoms with E-state index in [2.05, 4.69) is 4.98 Å². The van der Waals surface area contributed by atoms with Crippen LogP contribution >= 0.6 is 0 Å². The molecule has 1 aliphatic rings. The first kappa shape index (κ1) is 13.3. The Morgan fingerprint density at radius 2 is 1.90 bits per heavy atom. The number of fused-ring (bicyclic) bond motifs is 1. The van der Waals surface area contributed by atoms with Crippen molar-refractivity contribution in [1.29, 1.82) is 0 Å². The maximum Gasteiger partial charge on any atom is 0.385 e. The maximum atomic E-state index is 12.2. The number of benzene rings is 1. The van der Waals surface area contributed by atoms with Crippen LogP contribution in [0.5, 0.6) is 5.75 Å². The highest BCUT2D eigenvalue weighted by Gasteiger charge is 2.27. The molecule has 0 unspecified atom stereocenters. The predicted octanol–water partition coefficient (Wildman–Crippen LogP) is 1.19. The first-order chi connectivity index (χ1) is 9.67. The largest absolute Gasteiger partial charge is 0.385 e. The molecule has 2 aromatic rings. The van der Waals surface area contributed by atoms with Gasteiger partial charge in [-0.3, -0.25) is 4.98 Å². The zero-order valence-corrected chi connectivity index (χ0v) is 11.5. The number of aromatic nitrogens is 1. The van der Waals surface area contributed by atoms with Gasteiger partial charge in [0.05, 0.1) is 13.2 Å². The summed E-state index contributed by atoms with van der Waals surface area (Å²) in [6.07, 6.45) is 1.61. The van der Waals surface area contributed by atoms with Crippen LogP contribution in [0.3, 0.4) is 0 Å². The van der Waals surface area contributed by atoms with Gasteiger partial charge in [0.1, 0.15) is 5.52 Å². The maximum absolute atomic E-state index is 12.2. The Balaban J connectivity index is 1.92. The summed E-state index contributed by atoms with van der Waals surface area (Å²) >= 11 is 0. The third kappa shape index (κ3) is 2.60. The van der Waals surface area contributed by atoms with Crippen LogP contribution in [0.1, 0.15) is 0 Å². The van der Waals surface area contributed by atoms with E-state index in [-0.39, 0.29) is 5.75 Å². The summed E-state index contributed by atoms with van der Waals surface area (Å²) < 4.78 is 36.1. The molecule has 1 saturated heterocycles. The Morgan fingerprint density at radius 3 is 2.70 bits per heavy atom. The van der Waals surface area contributed by atoms with Crippen LogP contribution in [0.4, 0.5) is 0 Å². The van der Waals surface area contributed by atoms with Crippen LogP contribution in [0, 0.1) is 0 Å². The van der Waals surface area contributed by atoms with Gasteiger partial charge in [-0.2, -0.15) is 12.7 Å². The van der Waals surface area contributed by atoms with Crippen LogP contribution in [-0.2, 0) is 15.0 Å². The van der Waals surface area contributed by atoms with E-state index in [1.165, 1.54) is 4.31 Å². The van der Waals surface area contributed by atoms with Gasteiger partial charge in [-0.25, -0.2) is 0 Å². The molecule has 1 aromatic carbocycles. The van der Waals surface area contributed by atoms with Crippen molar-refractivity contribution in [2.45, 2.75) is 0 Å². The van der Waals surface area contributed by atoms with Gasteiger partial charge >= 0.3 is 10.3 Å². The molecular formula is C13H14N2O4S. The minimum Gasteiger partial charge on any atom is -0.379 e. The van der Waals surface area contributed by atoms with Gasteiger partial charge < -0.3 is 8.92 Å². The van der Waals surface area contributed by atoms with Crippen LogP contribution in [0.25, 0.3) is 10.9 Å². The van der Waals surface area contributed by atoms with Crippen molar-refractivity contribution >= 4 is 21.2 Å². The quantitative estimate of drug-likeness (QED) is 0.850. The van der Waals surface area contributed by atoms with E-state index in [0.29, 0.717) is 31.8 Å². The van der Waals surface area contributed by atoms with Gasteiger partial charge in [-0.1, -0.05) is 18.2 Å². The molecule has 0 radical (unpaired) electrons. The number of para-hydroxylation sites is 1. The van der Waals surface area contributed by atoms with Gasteiger partial charge in [0.15, 0.2) is 5.75 Å². The molecule has 0 bridgehead atoms. The molecule has 6 nitrogen and oxygen atoms in total. The summed E-state index contributed by atoms with van der Waals surface area (Å²) in [5.74, 6) is 0.245. The molecule has 1 aliphatic heterocycles. The summed E-state index contributed by atoms with van der Waals surface area (Å²) in [6, 6.07) is 8.86. The van der Waals surface area contributed by atoms with Crippen LogP contribution in [-0.4, -0.2) is 44.0 Å². The van der Waals surface area contributed by atoms with E-state index in [1.807, 2.05) is 12.1 Å². The summed E-state index contributed by atoms with van der Waals surface area (Å²) in [6.45, 7) is 1.38. The van der Waals surface area contributed by atoms with E-state index < -0.39 is 10.3 Å². The summed E-state index contributed by atoms with van der Waals surface area (Å²) in [7, 11) is -3.81. The zero-order chi connectivity index (χ0) is 14.0. The van der Waals surface area contributed by atoms with Crippen LogP contribution in [0.15, 0.2) is 36.5 Å². The summed E-state index contributed by atoms with van der Waals surface area (Å²) in [5, 5.41) is 0.835. The van der Waals surface area contributed by atoms with Gasteiger partial charge in [-0.05, 0) is 12.1 Å². The second kappa shape index (κ2) is 5.35. The normalized spacial score (nSPS) is 17.2. The van der Waals surface area contributed by atoms with E-state index in [0.717, 1.165) is 5.39 Å². The standard InChI is InChI=1S/C13H14N2O4S/c16-20(17,15-7-9-18-10-8-15)19-12-5-1-3-11-4-2-6-14-13(11)12/h1-6H,7-10H2. The number of morpholine rings is 1. The monoisotopic (exact) mass is 294 g/mol. The molecule has 20 heavy (non-hydrogen) atoms. The fraction of sp³-hybridized carbons (Fsp3) is 0.308. The van der Waals surface area contributed by atoms with Gasteiger partial charge in [0.25, 0.3) is 0 Å². The molecule has 0 amide bonds. The lowest BCUT2D eigenvalue weighted by Crippen LogP contribution is -2.42. The lowest BCUT2D eigenvalue weighted by Gasteiger charge is -2.25. The van der Waals surface area contributed by atoms with Crippen molar-refractivity contribution < 1.29 is 17.3 Å². The topological polar surface area (TPSA) is 68.7 Å². The van der Waals surface area contributed by atoms with Crippen molar-refractivity contribution in [3.63, 3.8) is 0 Å². The molecule has 2 heterocycles. The Bertz CT molecular complexity index is 706. The Morgan fingerprint density at radius 1 is 1.15 bits per heavy atom. The Hall–Kier alpha value is -1.70. The molecule has 3 rings (SSSR count). The number of pyridine rings is 1. The van der Waals surface area contributed by atoms with Gasteiger partial charge in [-0.15, -0.1) is 0 Å². The van der Waals surface area contributed by atoms with Crippen molar-refractivity contribution in [2.75, 3.05) is 26.3 Å². The van der Waals surface area contributed by atoms with Crippen LogP contribution in [0.2, 0.25) is 0 Å². The third-order valence-corrected chi connectivity index (χ3v) is 4.46. The van der Waals surface area contributed by atoms with Gasteiger partial charge in [0, 0.05) is 24.7 Å². The highest BCUT2D eigenvalue weighted by atomic mass is 32.2.